The summed E-state index contributed by atoms with van der Waals surface area (Å²) >= 11 is 0. The molecule has 0 aromatic carbocycles. The van der Waals surface area contributed by atoms with Crippen molar-refractivity contribution in [1.82, 2.24) is 10.2 Å². The van der Waals surface area contributed by atoms with Crippen LogP contribution in [0.15, 0.2) is 4.99 Å². The van der Waals surface area contributed by atoms with Crippen LogP contribution in [0, 0.1) is 11.3 Å². The van der Waals surface area contributed by atoms with Crippen LogP contribution in [-0.2, 0) is 0 Å². The van der Waals surface area contributed by atoms with Gasteiger partial charge >= 0.3 is 0 Å². The van der Waals surface area contributed by atoms with Crippen LogP contribution in [0.5, 0.6) is 0 Å². The summed E-state index contributed by atoms with van der Waals surface area (Å²) < 4.78 is 0. The van der Waals surface area contributed by atoms with Gasteiger partial charge in [0, 0.05) is 26.7 Å². The third-order valence-electron chi connectivity index (χ3n) is 5.01. The first-order valence-electron chi connectivity index (χ1n) is 7.30. The van der Waals surface area contributed by atoms with Crippen molar-refractivity contribution in [3.63, 3.8) is 0 Å². The number of aliphatic imine (C=N–C) groups is 1. The zero-order valence-corrected chi connectivity index (χ0v) is 11.0. The molecule has 0 aromatic heterocycles. The number of nitrogens with zero attached hydrogens (tertiary/aromatic N) is 2. The molecule has 0 atom stereocenters. The van der Waals surface area contributed by atoms with E-state index in [0.29, 0.717) is 5.41 Å². The van der Waals surface area contributed by atoms with Gasteiger partial charge < -0.3 is 10.2 Å². The van der Waals surface area contributed by atoms with Crippen LogP contribution >= 0.6 is 0 Å². The molecule has 0 radical (unpaired) electrons. The maximum Gasteiger partial charge on any atom is 0.193 e. The van der Waals surface area contributed by atoms with Crippen LogP contribution in [0.4, 0.5) is 0 Å². The summed E-state index contributed by atoms with van der Waals surface area (Å²) in [5, 5.41) is 3.65. The summed E-state index contributed by atoms with van der Waals surface area (Å²) in [4.78, 5) is 6.86. The van der Waals surface area contributed by atoms with E-state index >= 15 is 0 Å². The van der Waals surface area contributed by atoms with Crippen molar-refractivity contribution in [3.05, 3.63) is 0 Å². The smallest absolute Gasteiger partial charge is 0.193 e. The molecule has 3 aliphatic rings. The van der Waals surface area contributed by atoms with Crippen molar-refractivity contribution in [2.45, 2.75) is 44.9 Å². The number of rotatable bonds is 3. The lowest BCUT2D eigenvalue weighted by Gasteiger charge is -2.43. The molecule has 17 heavy (non-hydrogen) atoms. The normalized spacial score (nSPS) is 28.1. The second-order valence-electron chi connectivity index (χ2n) is 6.09. The first kappa shape index (κ1) is 11.4. The van der Waals surface area contributed by atoms with E-state index in [9.17, 15) is 0 Å². The first-order valence-corrected chi connectivity index (χ1v) is 7.30. The molecule has 2 saturated carbocycles. The second kappa shape index (κ2) is 4.51. The van der Waals surface area contributed by atoms with E-state index in [-0.39, 0.29) is 0 Å². The van der Waals surface area contributed by atoms with Gasteiger partial charge in [-0.2, -0.15) is 0 Å². The maximum atomic E-state index is 4.44. The van der Waals surface area contributed by atoms with Crippen molar-refractivity contribution >= 4 is 5.96 Å². The summed E-state index contributed by atoms with van der Waals surface area (Å²) in [5.41, 5.74) is 0.648. The molecule has 1 heterocycles. The summed E-state index contributed by atoms with van der Waals surface area (Å²) in [5.74, 6) is 2.18. The predicted molar refractivity (Wildman–Crippen MR) is 71.2 cm³/mol. The SMILES string of the molecule is CN=C(NCC1(C2CC2)CCC1)N1CCCC1. The summed E-state index contributed by atoms with van der Waals surface area (Å²) in [7, 11) is 1.92. The van der Waals surface area contributed by atoms with Crippen LogP contribution in [0.3, 0.4) is 0 Å². The van der Waals surface area contributed by atoms with Crippen LogP contribution < -0.4 is 5.32 Å². The van der Waals surface area contributed by atoms with Crippen LogP contribution in [-0.4, -0.2) is 37.5 Å². The zero-order valence-electron chi connectivity index (χ0n) is 11.0. The van der Waals surface area contributed by atoms with Gasteiger partial charge in [-0.3, -0.25) is 4.99 Å². The topological polar surface area (TPSA) is 27.6 Å². The molecule has 3 fully saturated rings. The van der Waals surface area contributed by atoms with Gasteiger partial charge in [0.1, 0.15) is 0 Å². The third-order valence-corrected chi connectivity index (χ3v) is 5.01. The average Bonchev–Trinajstić information content (AvgIpc) is 2.98. The molecule has 1 saturated heterocycles. The fraction of sp³-hybridized carbons (Fsp3) is 0.929. The van der Waals surface area contributed by atoms with Crippen molar-refractivity contribution < 1.29 is 0 Å². The minimum Gasteiger partial charge on any atom is -0.356 e. The van der Waals surface area contributed by atoms with E-state index in [4.69, 9.17) is 0 Å². The molecule has 0 amide bonds. The van der Waals surface area contributed by atoms with E-state index in [1.165, 1.54) is 64.6 Å². The van der Waals surface area contributed by atoms with E-state index in [1.54, 1.807) is 0 Å². The van der Waals surface area contributed by atoms with Gasteiger partial charge in [0.2, 0.25) is 0 Å². The number of hydrogen-bond acceptors (Lipinski definition) is 1. The Morgan fingerprint density at radius 1 is 1.24 bits per heavy atom. The van der Waals surface area contributed by atoms with E-state index in [2.05, 4.69) is 15.2 Å². The molecule has 1 N–H and O–H groups in total. The van der Waals surface area contributed by atoms with Crippen molar-refractivity contribution in [2.75, 3.05) is 26.7 Å². The molecular weight excluding hydrogens is 210 g/mol. The highest BCUT2D eigenvalue weighted by Gasteiger charge is 2.48. The van der Waals surface area contributed by atoms with Gasteiger partial charge in [-0.1, -0.05) is 6.42 Å². The molecule has 3 nitrogen and oxygen atoms in total. The van der Waals surface area contributed by atoms with Gasteiger partial charge in [0.05, 0.1) is 0 Å². The maximum absolute atomic E-state index is 4.44. The van der Waals surface area contributed by atoms with Crippen molar-refractivity contribution in [1.29, 1.82) is 0 Å². The highest BCUT2D eigenvalue weighted by Crippen LogP contribution is 2.56. The molecular formula is C14H25N3. The first-order chi connectivity index (χ1) is 8.34. The Hall–Kier alpha value is -0.730. The molecule has 96 valence electrons. The fourth-order valence-electron chi connectivity index (χ4n) is 3.57. The Kier molecular flexibility index (Phi) is 3.01. The predicted octanol–water partition coefficient (Wildman–Crippen LogP) is 2.24. The highest BCUT2D eigenvalue weighted by atomic mass is 15.3. The van der Waals surface area contributed by atoms with Crippen LogP contribution in [0.2, 0.25) is 0 Å². The Morgan fingerprint density at radius 2 is 1.94 bits per heavy atom. The molecule has 3 rings (SSSR count). The molecule has 0 aromatic rings. The number of likely N-dealkylation sites (tertiary alicyclic amines) is 1. The molecule has 0 bridgehead atoms. The molecule has 1 aliphatic heterocycles. The van der Waals surface area contributed by atoms with Gasteiger partial charge in [-0.05, 0) is 49.9 Å². The lowest BCUT2D eigenvalue weighted by molar-refractivity contribution is 0.105. The second-order valence-corrected chi connectivity index (χ2v) is 6.09. The molecule has 3 heteroatoms. The molecule has 2 aliphatic carbocycles. The van der Waals surface area contributed by atoms with Gasteiger partial charge in [-0.25, -0.2) is 0 Å². The van der Waals surface area contributed by atoms with E-state index in [1.807, 2.05) is 7.05 Å². The average molecular weight is 235 g/mol. The minimum atomic E-state index is 0.648. The summed E-state index contributed by atoms with van der Waals surface area (Å²) in [6.07, 6.45) is 9.95. The Bertz CT molecular complexity index is 297. The number of guanidine groups is 1. The standard InChI is InChI=1S/C14H25N3/c1-15-13(17-9-2-3-10-17)16-11-14(7-4-8-14)12-5-6-12/h12H,2-11H2,1H3,(H,15,16). The van der Waals surface area contributed by atoms with Gasteiger partial charge in [-0.15, -0.1) is 0 Å². The minimum absolute atomic E-state index is 0.648. The largest absolute Gasteiger partial charge is 0.356 e. The summed E-state index contributed by atoms with van der Waals surface area (Å²) in [6, 6.07) is 0. The Balaban J connectivity index is 1.55. The summed E-state index contributed by atoms with van der Waals surface area (Å²) in [6.45, 7) is 3.55. The van der Waals surface area contributed by atoms with Gasteiger partial charge in [0.15, 0.2) is 5.96 Å². The van der Waals surface area contributed by atoms with E-state index < -0.39 is 0 Å². The Labute approximate surface area is 105 Å². The lowest BCUT2D eigenvalue weighted by atomic mass is 9.65. The molecule has 0 spiro atoms. The Morgan fingerprint density at radius 3 is 2.41 bits per heavy atom. The lowest BCUT2D eigenvalue weighted by Crippen LogP contribution is -2.48. The number of nitrogens with one attached hydrogen (secondary N) is 1. The highest BCUT2D eigenvalue weighted by molar-refractivity contribution is 5.80. The van der Waals surface area contributed by atoms with E-state index in [0.717, 1.165) is 11.9 Å². The third kappa shape index (κ3) is 2.16. The van der Waals surface area contributed by atoms with Crippen molar-refractivity contribution in [2.24, 2.45) is 16.3 Å². The molecule has 0 unspecified atom stereocenters. The van der Waals surface area contributed by atoms with Crippen LogP contribution in [0.1, 0.15) is 44.9 Å². The number of hydrogen-bond donors (Lipinski definition) is 1. The fourth-order valence-corrected chi connectivity index (χ4v) is 3.57. The quantitative estimate of drug-likeness (QED) is 0.600. The van der Waals surface area contributed by atoms with Gasteiger partial charge in [0.25, 0.3) is 0 Å². The van der Waals surface area contributed by atoms with Crippen LogP contribution in [0.25, 0.3) is 0 Å². The van der Waals surface area contributed by atoms with Crippen molar-refractivity contribution in [3.8, 4) is 0 Å². The monoisotopic (exact) mass is 235 g/mol. The zero-order chi connectivity index (χ0) is 11.7.